The Morgan fingerprint density at radius 2 is 2.00 bits per heavy atom. The molecule has 1 aromatic rings. The second kappa shape index (κ2) is 3.34. The number of nitrogens with zero attached hydrogens (tertiary/aromatic N) is 2. The minimum absolute atomic E-state index is 0.276. The third-order valence-electron chi connectivity index (χ3n) is 4.30. The van der Waals surface area contributed by atoms with Crippen molar-refractivity contribution < 1.29 is 0 Å². The highest BCUT2D eigenvalue weighted by Crippen LogP contribution is 2.35. The fourth-order valence-corrected chi connectivity index (χ4v) is 3.02. The average molecular weight is 214 g/mol. The fourth-order valence-electron chi connectivity index (χ4n) is 3.02. The van der Waals surface area contributed by atoms with Gasteiger partial charge in [0.05, 0.1) is 17.9 Å². The molecule has 2 nitrogen and oxygen atoms in total. The Hall–Kier alpha value is -1.31. The number of fused-ring (bicyclic) bond motifs is 1. The fraction of sp³-hybridized carbons (Fsp3) is 0.500. The molecule has 2 heteroatoms. The highest BCUT2D eigenvalue weighted by atomic mass is 15.3. The van der Waals surface area contributed by atoms with Crippen molar-refractivity contribution in [2.45, 2.75) is 31.7 Å². The van der Waals surface area contributed by atoms with Crippen LogP contribution in [0.1, 0.15) is 24.5 Å². The molecule has 1 spiro atoms. The van der Waals surface area contributed by atoms with E-state index in [-0.39, 0.29) is 5.54 Å². The van der Waals surface area contributed by atoms with Crippen LogP contribution in [0.4, 0.5) is 0 Å². The molecule has 0 amide bonds. The molecule has 0 aromatic heterocycles. The molecule has 84 valence electrons. The molecule has 1 atom stereocenters. The average Bonchev–Trinajstić information content (AvgIpc) is 2.58. The van der Waals surface area contributed by atoms with Gasteiger partial charge in [0, 0.05) is 7.05 Å². The first-order valence-corrected chi connectivity index (χ1v) is 6.03. The Morgan fingerprint density at radius 1 is 1.25 bits per heavy atom. The number of likely N-dealkylation sites (N-methyl/N-ethyl adjacent to an activating group) is 1. The Morgan fingerprint density at radius 3 is 2.69 bits per heavy atom. The van der Waals surface area contributed by atoms with Crippen molar-refractivity contribution in [3.8, 4) is 0 Å². The lowest BCUT2D eigenvalue weighted by atomic mass is 9.77. The first-order valence-electron chi connectivity index (χ1n) is 6.03. The number of benzene rings is 1. The molecule has 0 radical (unpaired) electrons. The highest BCUT2D eigenvalue weighted by Gasteiger charge is 2.41. The van der Waals surface area contributed by atoms with Gasteiger partial charge in [-0.2, -0.15) is 0 Å². The van der Waals surface area contributed by atoms with E-state index >= 15 is 0 Å². The van der Waals surface area contributed by atoms with E-state index in [0.29, 0.717) is 0 Å². The number of hydrogen-bond acceptors (Lipinski definition) is 2. The number of amidine groups is 1. The lowest BCUT2D eigenvalue weighted by Crippen LogP contribution is -2.50. The molecule has 0 fully saturated rings. The van der Waals surface area contributed by atoms with Crippen molar-refractivity contribution in [3.05, 3.63) is 35.4 Å². The molecule has 16 heavy (non-hydrogen) atoms. The monoisotopic (exact) mass is 214 g/mol. The first kappa shape index (κ1) is 9.88. The standard InChI is InChI=1S/C14H18N2/c1-11-15-10-14(16(11)2)8-7-12-5-3-4-6-13(12)9-14/h3-6H,7-10H2,1-2H3. The Balaban J connectivity index is 1.94. The van der Waals surface area contributed by atoms with Crippen molar-refractivity contribution in [1.29, 1.82) is 0 Å². The molecule has 1 aromatic carbocycles. The van der Waals surface area contributed by atoms with E-state index in [9.17, 15) is 0 Å². The van der Waals surface area contributed by atoms with Gasteiger partial charge in [0.1, 0.15) is 0 Å². The summed E-state index contributed by atoms with van der Waals surface area (Å²) >= 11 is 0. The van der Waals surface area contributed by atoms with Crippen LogP contribution in [-0.2, 0) is 12.8 Å². The maximum atomic E-state index is 4.61. The summed E-state index contributed by atoms with van der Waals surface area (Å²) in [5, 5.41) is 0. The van der Waals surface area contributed by atoms with E-state index in [2.05, 4.69) is 48.1 Å². The summed E-state index contributed by atoms with van der Waals surface area (Å²) in [6, 6.07) is 8.85. The van der Waals surface area contributed by atoms with Crippen LogP contribution in [0.5, 0.6) is 0 Å². The summed E-state index contributed by atoms with van der Waals surface area (Å²) < 4.78 is 0. The van der Waals surface area contributed by atoms with Crippen LogP contribution in [0.2, 0.25) is 0 Å². The molecule has 1 aliphatic heterocycles. The predicted octanol–water partition coefficient (Wildman–Crippen LogP) is 2.28. The van der Waals surface area contributed by atoms with Gasteiger partial charge in [0.25, 0.3) is 0 Å². The van der Waals surface area contributed by atoms with Crippen molar-refractivity contribution in [2.24, 2.45) is 4.99 Å². The Kier molecular flexibility index (Phi) is 2.06. The predicted molar refractivity (Wildman–Crippen MR) is 66.9 cm³/mol. The third-order valence-corrected chi connectivity index (χ3v) is 4.30. The highest BCUT2D eigenvalue weighted by molar-refractivity contribution is 5.82. The molecule has 1 aliphatic carbocycles. The topological polar surface area (TPSA) is 15.6 Å². The summed E-state index contributed by atoms with van der Waals surface area (Å²) in [6.45, 7) is 3.10. The van der Waals surface area contributed by atoms with Crippen LogP contribution in [0.3, 0.4) is 0 Å². The van der Waals surface area contributed by atoms with Crippen LogP contribution in [0.25, 0.3) is 0 Å². The minimum atomic E-state index is 0.276. The van der Waals surface area contributed by atoms with E-state index < -0.39 is 0 Å². The molecule has 0 saturated heterocycles. The second-order valence-electron chi connectivity index (χ2n) is 5.09. The second-order valence-corrected chi connectivity index (χ2v) is 5.09. The lowest BCUT2D eigenvalue weighted by molar-refractivity contribution is 0.208. The zero-order chi connectivity index (χ0) is 11.2. The summed E-state index contributed by atoms with van der Waals surface area (Å²) in [6.07, 6.45) is 3.59. The van der Waals surface area contributed by atoms with Gasteiger partial charge in [-0.1, -0.05) is 24.3 Å². The number of aryl methyl sites for hydroxylation is 1. The maximum absolute atomic E-state index is 4.61. The van der Waals surface area contributed by atoms with Gasteiger partial charge < -0.3 is 4.90 Å². The molecular weight excluding hydrogens is 196 g/mol. The quantitative estimate of drug-likeness (QED) is 0.647. The van der Waals surface area contributed by atoms with Crippen LogP contribution in [0, 0.1) is 0 Å². The van der Waals surface area contributed by atoms with Crippen LogP contribution < -0.4 is 0 Å². The van der Waals surface area contributed by atoms with Crippen LogP contribution in [0.15, 0.2) is 29.3 Å². The molecule has 3 rings (SSSR count). The van der Waals surface area contributed by atoms with E-state index in [4.69, 9.17) is 0 Å². The summed E-state index contributed by atoms with van der Waals surface area (Å²) in [5.41, 5.74) is 3.33. The molecular formula is C14H18N2. The number of rotatable bonds is 0. The van der Waals surface area contributed by atoms with Gasteiger partial charge >= 0.3 is 0 Å². The van der Waals surface area contributed by atoms with Crippen molar-refractivity contribution >= 4 is 5.84 Å². The Bertz CT molecular complexity index is 450. The van der Waals surface area contributed by atoms with Gasteiger partial charge in [0.2, 0.25) is 0 Å². The smallest absolute Gasteiger partial charge is 0.0961 e. The van der Waals surface area contributed by atoms with Crippen molar-refractivity contribution in [2.75, 3.05) is 13.6 Å². The molecule has 0 saturated carbocycles. The molecule has 0 bridgehead atoms. The minimum Gasteiger partial charge on any atom is -0.356 e. The van der Waals surface area contributed by atoms with E-state index in [0.717, 1.165) is 13.0 Å². The van der Waals surface area contributed by atoms with Gasteiger partial charge in [-0.25, -0.2) is 0 Å². The molecule has 1 unspecified atom stereocenters. The number of aliphatic imine (C=N–C) groups is 1. The van der Waals surface area contributed by atoms with Crippen LogP contribution >= 0.6 is 0 Å². The van der Waals surface area contributed by atoms with E-state index in [1.807, 2.05) is 0 Å². The van der Waals surface area contributed by atoms with Crippen molar-refractivity contribution in [1.82, 2.24) is 4.90 Å². The lowest BCUT2D eigenvalue weighted by Gasteiger charge is -2.41. The zero-order valence-corrected chi connectivity index (χ0v) is 10.0. The van der Waals surface area contributed by atoms with Gasteiger partial charge in [-0.05, 0) is 37.3 Å². The molecule has 1 heterocycles. The zero-order valence-electron chi connectivity index (χ0n) is 10.0. The summed E-state index contributed by atoms with van der Waals surface area (Å²) in [5.74, 6) is 1.19. The number of hydrogen-bond donors (Lipinski definition) is 0. The largest absolute Gasteiger partial charge is 0.356 e. The maximum Gasteiger partial charge on any atom is 0.0961 e. The third kappa shape index (κ3) is 1.29. The van der Waals surface area contributed by atoms with Crippen LogP contribution in [-0.4, -0.2) is 29.9 Å². The van der Waals surface area contributed by atoms with E-state index in [1.165, 1.54) is 29.8 Å². The normalized spacial score (nSPS) is 28.1. The summed E-state index contributed by atoms with van der Waals surface area (Å²) in [7, 11) is 2.19. The Labute approximate surface area is 97.0 Å². The van der Waals surface area contributed by atoms with Gasteiger partial charge in [-0.3, -0.25) is 4.99 Å². The SMILES string of the molecule is CC1=NCC2(CCc3ccccc3C2)N1C. The van der Waals surface area contributed by atoms with Gasteiger partial charge in [0.15, 0.2) is 0 Å². The molecule has 0 N–H and O–H groups in total. The van der Waals surface area contributed by atoms with E-state index in [1.54, 1.807) is 0 Å². The van der Waals surface area contributed by atoms with Gasteiger partial charge in [-0.15, -0.1) is 0 Å². The molecule has 2 aliphatic rings. The summed E-state index contributed by atoms with van der Waals surface area (Å²) in [4.78, 5) is 7.00. The first-order chi connectivity index (χ1) is 7.71. The van der Waals surface area contributed by atoms with Crippen molar-refractivity contribution in [3.63, 3.8) is 0 Å².